The summed E-state index contributed by atoms with van der Waals surface area (Å²) in [5.41, 5.74) is 2.16. The van der Waals surface area contributed by atoms with E-state index in [9.17, 15) is 5.11 Å². The largest absolute Gasteiger partial charge is 0.395 e. The molecule has 0 spiro atoms. The van der Waals surface area contributed by atoms with Crippen LogP contribution in [-0.4, -0.2) is 11.7 Å². The van der Waals surface area contributed by atoms with Gasteiger partial charge in [-0.1, -0.05) is 86.8 Å². The monoisotopic (exact) mass is 268 g/mol. The van der Waals surface area contributed by atoms with Gasteiger partial charge in [-0.25, -0.2) is 0 Å². The number of hydrogen-bond donors (Lipinski definition) is 1. The van der Waals surface area contributed by atoms with Crippen molar-refractivity contribution >= 4 is 0 Å². The summed E-state index contributed by atoms with van der Waals surface area (Å²) in [7, 11) is 0. The van der Waals surface area contributed by atoms with Crippen LogP contribution in [0.15, 0.2) is 60.7 Å². The zero-order valence-corrected chi connectivity index (χ0v) is 12.3. The molecule has 0 aromatic heterocycles. The molecule has 0 aliphatic heterocycles. The van der Waals surface area contributed by atoms with Gasteiger partial charge in [-0.05, 0) is 17.5 Å². The summed E-state index contributed by atoms with van der Waals surface area (Å²) >= 11 is 0. The minimum Gasteiger partial charge on any atom is -0.395 e. The van der Waals surface area contributed by atoms with Crippen LogP contribution < -0.4 is 0 Å². The lowest BCUT2D eigenvalue weighted by atomic mass is 9.71. The second kappa shape index (κ2) is 7.25. The maximum absolute atomic E-state index is 10.2. The van der Waals surface area contributed by atoms with Crippen molar-refractivity contribution in [3.05, 3.63) is 71.8 Å². The molecule has 0 atom stereocenters. The van der Waals surface area contributed by atoms with E-state index in [-0.39, 0.29) is 12.0 Å². The smallest absolute Gasteiger partial charge is 0.0568 e. The summed E-state index contributed by atoms with van der Waals surface area (Å²) < 4.78 is 0. The van der Waals surface area contributed by atoms with Crippen LogP contribution in [0.2, 0.25) is 0 Å². The molecule has 1 nitrogen and oxygen atoms in total. The Morgan fingerprint density at radius 2 is 1.30 bits per heavy atom. The fourth-order valence-corrected chi connectivity index (χ4v) is 2.91. The molecule has 1 N–H and O–H groups in total. The molecule has 0 radical (unpaired) electrons. The van der Waals surface area contributed by atoms with Crippen LogP contribution >= 0.6 is 0 Å². The molecule has 0 aliphatic carbocycles. The third-order valence-corrected chi connectivity index (χ3v) is 4.13. The average Bonchev–Trinajstić information content (AvgIpc) is 2.54. The van der Waals surface area contributed by atoms with Crippen molar-refractivity contribution in [2.45, 2.75) is 38.0 Å². The highest BCUT2D eigenvalue weighted by molar-refractivity contribution is 5.39. The molecule has 0 amide bonds. The lowest BCUT2D eigenvalue weighted by Gasteiger charge is -2.33. The average molecular weight is 268 g/mol. The fourth-order valence-electron chi connectivity index (χ4n) is 2.91. The number of aliphatic hydroxyl groups is 1. The minimum absolute atomic E-state index is 0.157. The molecular weight excluding hydrogens is 244 g/mol. The first-order chi connectivity index (χ1) is 9.83. The molecule has 1 heteroatoms. The van der Waals surface area contributed by atoms with Gasteiger partial charge < -0.3 is 5.11 Å². The van der Waals surface area contributed by atoms with Crippen molar-refractivity contribution in [2.75, 3.05) is 6.61 Å². The summed E-state index contributed by atoms with van der Waals surface area (Å²) in [5.74, 6) is 0. The number of hydrogen-bond acceptors (Lipinski definition) is 1. The molecule has 106 valence electrons. The van der Waals surface area contributed by atoms with Crippen molar-refractivity contribution in [2.24, 2.45) is 0 Å². The molecule has 0 bridgehead atoms. The molecule has 0 heterocycles. The third kappa shape index (κ3) is 3.10. The van der Waals surface area contributed by atoms with Crippen LogP contribution in [-0.2, 0) is 5.41 Å². The van der Waals surface area contributed by atoms with E-state index in [4.69, 9.17) is 0 Å². The van der Waals surface area contributed by atoms with Crippen LogP contribution in [0.25, 0.3) is 0 Å². The number of rotatable bonds is 7. The zero-order valence-electron chi connectivity index (χ0n) is 12.3. The van der Waals surface area contributed by atoms with E-state index in [1.54, 1.807) is 0 Å². The molecular formula is C19H24O. The second-order valence-electron chi connectivity index (χ2n) is 5.43. The lowest BCUT2D eigenvalue weighted by Crippen LogP contribution is -2.32. The summed E-state index contributed by atoms with van der Waals surface area (Å²) in [4.78, 5) is 0. The van der Waals surface area contributed by atoms with E-state index in [2.05, 4.69) is 55.5 Å². The van der Waals surface area contributed by atoms with E-state index >= 15 is 0 Å². The quantitative estimate of drug-likeness (QED) is 0.731. The van der Waals surface area contributed by atoms with Crippen molar-refractivity contribution in [1.82, 2.24) is 0 Å². The van der Waals surface area contributed by atoms with Crippen molar-refractivity contribution in [1.29, 1.82) is 0 Å². The first-order valence-corrected chi connectivity index (χ1v) is 7.55. The Bertz CT molecular complexity index is 450. The molecule has 0 saturated carbocycles. The van der Waals surface area contributed by atoms with Crippen LogP contribution in [0, 0.1) is 0 Å². The number of benzene rings is 2. The van der Waals surface area contributed by atoms with Gasteiger partial charge in [-0.2, -0.15) is 0 Å². The second-order valence-corrected chi connectivity index (χ2v) is 5.43. The Morgan fingerprint density at radius 3 is 1.70 bits per heavy atom. The number of aliphatic hydroxyl groups excluding tert-OH is 1. The highest BCUT2D eigenvalue weighted by Gasteiger charge is 2.32. The maximum Gasteiger partial charge on any atom is 0.0568 e. The van der Waals surface area contributed by atoms with Gasteiger partial charge in [0.05, 0.1) is 6.61 Å². The van der Waals surface area contributed by atoms with Crippen LogP contribution in [0.1, 0.15) is 43.7 Å². The third-order valence-electron chi connectivity index (χ3n) is 4.13. The van der Waals surface area contributed by atoms with Crippen molar-refractivity contribution in [3.63, 3.8) is 0 Å². The fraction of sp³-hybridized carbons (Fsp3) is 0.368. The van der Waals surface area contributed by atoms with E-state index in [0.717, 1.165) is 12.8 Å². The number of unbranched alkanes of at least 4 members (excludes halogenated alkanes) is 2. The zero-order chi connectivity index (χ0) is 14.3. The molecule has 0 fully saturated rings. The highest BCUT2D eigenvalue weighted by Crippen LogP contribution is 2.36. The Kier molecular flexibility index (Phi) is 5.37. The van der Waals surface area contributed by atoms with Crippen molar-refractivity contribution < 1.29 is 5.11 Å². The molecule has 20 heavy (non-hydrogen) atoms. The SMILES string of the molecule is CCCCCC(CO)(c1ccccc1)c1ccccc1. The summed E-state index contributed by atoms with van der Waals surface area (Å²) in [6.45, 7) is 2.37. The van der Waals surface area contributed by atoms with Crippen LogP contribution in [0.3, 0.4) is 0 Å². The molecule has 2 rings (SSSR count). The van der Waals surface area contributed by atoms with Crippen LogP contribution in [0.5, 0.6) is 0 Å². The molecule has 0 saturated heterocycles. The predicted molar refractivity (Wildman–Crippen MR) is 84.9 cm³/mol. The van der Waals surface area contributed by atoms with Gasteiger partial charge in [0.2, 0.25) is 0 Å². The first-order valence-electron chi connectivity index (χ1n) is 7.55. The van der Waals surface area contributed by atoms with Gasteiger partial charge in [-0.3, -0.25) is 0 Å². The van der Waals surface area contributed by atoms with Gasteiger partial charge in [-0.15, -0.1) is 0 Å². The van der Waals surface area contributed by atoms with E-state index in [1.807, 2.05) is 12.1 Å². The summed E-state index contributed by atoms with van der Waals surface area (Å²) in [5, 5.41) is 10.2. The van der Waals surface area contributed by atoms with Gasteiger partial charge in [0.1, 0.15) is 0 Å². The minimum atomic E-state index is -0.266. The first kappa shape index (κ1) is 14.8. The highest BCUT2D eigenvalue weighted by atomic mass is 16.3. The lowest BCUT2D eigenvalue weighted by molar-refractivity contribution is 0.208. The standard InChI is InChI=1S/C19H24O/c1-2-3-10-15-19(16-20,17-11-6-4-7-12-17)18-13-8-5-9-14-18/h4-9,11-14,20H,2-3,10,15-16H2,1H3. The Morgan fingerprint density at radius 1 is 0.800 bits per heavy atom. The van der Waals surface area contributed by atoms with Gasteiger partial charge in [0.25, 0.3) is 0 Å². The van der Waals surface area contributed by atoms with E-state index in [0.29, 0.717) is 0 Å². The topological polar surface area (TPSA) is 20.2 Å². The molecule has 0 aliphatic rings. The molecule has 0 unspecified atom stereocenters. The Labute approximate surface area is 122 Å². The summed E-state index contributed by atoms with van der Waals surface area (Å²) in [6.07, 6.45) is 4.54. The maximum atomic E-state index is 10.2. The molecule has 2 aromatic carbocycles. The van der Waals surface area contributed by atoms with Crippen LogP contribution in [0.4, 0.5) is 0 Å². The van der Waals surface area contributed by atoms with E-state index in [1.165, 1.54) is 24.0 Å². The van der Waals surface area contributed by atoms with Gasteiger partial charge in [0.15, 0.2) is 0 Å². The van der Waals surface area contributed by atoms with E-state index < -0.39 is 0 Å². The normalized spacial score (nSPS) is 11.5. The van der Waals surface area contributed by atoms with Gasteiger partial charge >= 0.3 is 0 Å². The Balaban J connectivity index is 2.41. The summed E-state index contributed by atoms with van der Waals surface area (Å²) in [6, 6.07) is 20.8. The molecule has 2 aromatic rings. The Hall–Kier alpha value is -1.60. The predicted octanol–water partition coefficient (Wildman–Crippen LogP) is 4.55. The van der Waals surface area contributed by atoms with Gasteiger partial charge in [0, 0.05) is 5.41 Å². The van der Waals surface area contributed by atoms with Crippen molar-refractivity contribution in [3.8, 4) is 0 Å².